The first-order chi connectivity index (χ1) is 14.6. The number of hydrogen-bond acceptors (Lipinski definition) is 4. The van der Waals surface area contributed by atoms with Crippen LogP contribution in [0.25, 0.3) is 11.3 Å². The molecule has 154 valence electrons. The zero-order chi connectivity index (χ0) is 20.9. The Kier molecular flexibility index (Phi) is 5.90. The van der Waals surface area contributed by atoms with Crippen molar-refractivity contribution in [2.75, 3.05) is 18.4 Å². The number of H-pyrrole nitrogens is 1. The fourth-order valence-corrected chi connectivity index (χ4v) is 3.84. The maximum absolute atomic E-state index is 12.8. The quantitative estimate of drug-likeness (QED) is 0.588. The lowest BCUT2D eigenvalue weighted by Crippen LogP contribution is -2.40. The summed E-state index contributed by atoms with van der Waals surface area (Å²) in [6.45, 7) is 2.21. The van der Waals surface area contributed by atoms with Gasteiger partial charge in [0, 0.05) is 24.3 Å². The Labute approximate surface area is 175 Å². The van der Waals surface area contributed by atoms with E-state index in [-0.39, 0.29) is 17.7 Å². The minimum Gasteiger partial charge on any atom is -0.369 e. The van der Waals surface area contributed by atoms with Gasteiger partial charge in [-0.2, -0.15) is 5.10 Å². The molecule has 1 saturated heterocycles. The Balaban J connectivity index is 1.46. The predicted octanol–water partition coefficient (Wildman–Crippen LogP) is 3.03. The lowest BCUT2D eigenvalue weighted by Gasteiger charge is -2.31. The number of nitrogens with one attached hydrogen (secondary N) is 2. The summed E-state index contributed by atoms with van der Waals surface area (Å²) in [6.07, 6.45) is 1.78. The van der Waals surface area contributed by atoms with Gasteiger partial charge in [-0.05, 0) is 37.1 Å². The van der Waals surface area contributed by atoms with Crippen molar-refractivity contribution >= 4 is 17.5 Å². The van der Waals surface area contributed by atoms with E-state index in [0.717, 1.165) is 41.9 Å². The van der Waals surface area contributed by atoms with Gasteiger partial charge in [0.2, 0.25) is 5.91 Å². The topological polar surface area (TPSA) is 104 Å². The molecule has 0 radical (unpaired) electrons. The van der Waals surface area contributed by atoms with Crippen LogP contribution in [-0.2, 0) is 11.3 Å². The zero-order valence-electron chi connectivity index (χ0n) is 16.7. The Morgan fingerprint density at radius 1 is 1.13 bits per heavy atom. The molecule has 1 fully saturated rings. The number of carbonyl (C=O) groups is 2. The van der Waals surface area contributed by atoms with Gasteiger partial charge in [-0.3, -0.25) is 19.6 Å². The summed E-state index contributed by atoms with van der Waals surface area (Å²) < 4.78 is 0. The van der Waals surface area contributed by atoms with Crippen LogP contribution in [0.15, 0.2) is 60.7 Å². The van der Waals surface area contributed by atoms with Gasteiger partial charge in [-0.25, -0.2) is 0 Å². The van der Waals surface area contributed by atoms with Crippen LogP contribution in [0, 0.1) is 5.92 Å². The highest BCUT2D eigenvalue weighted by Crippen LogP contribution is 2.23. The third-order valence-corrected chi connectivity index (χ3v) is 5.46. The largest absolute Gasteiger partial charge is 0.369 e. The second-order valence-corrected chi connectivity index (χ2v) is 7.62. The van der Waals surface area contributed by atoms with Gasteiger partial charge in [0.1, 0.15) is 5.69 Å². The SMILES string of the molecule is NC(=O)[C@@H]1CCCN(Cc2ccccc2NC(=O)c2cc(-c3ccccc3)n[nH]2)C1. The lowest BCUT2D eigenvalue weighted by molar-refractivity contribution is -0.123. The number of rotatable bonds is 6. The molecular formula is C23H25N5O2. The van der Waals surface area contributed by atoms with E-state index in [1.54, 1.807) is 6.07 Å². The van der Waals surface area contributed by atoms with Crippen molar-refractivity contribution in [3.63, 3.8) is 0 Å². The molecule has 1 atom stereocenters. The third kappa shape index (κ3) is 4.58. The molecule has 7 heteroatoms. The molecule has 0 unspecified atom stereocenters. The fraction of sp³-hybridized carbons (Fsp3) is 0.261. The fourth-order valence-electron chi connectivity index (χ4n) is 3.84. The number of piperidine rings is 1. The summed E-state index contributed by atoms with van der Waals surface area (Å²) in [5, 5.41) is 10.1. The molecule has 0 saturated carbocycles. The monoisotopic (exact) mass is 403 g/mol. The standard InChI is InChI=1S/C23H25N5O2/c24-22(29)18-10-6-12-28(15-18)14-17-9-4-5-11-19(17)25-23(30)21-13-20(26-27-21)16-7-2-1-3-8-16/h1-5,7-9,11,13,18H,6,10,12,14-15H2,(H2,24,29)(H,25,30)(H,26,27)/t18-/m1/s1. The van der Waals surface area contributed by atoms with E-state index < -0.39 is 0 Å². The summed E-state index contributed by atoms with van der Waals surface area (Å²) in [7, 11) is 0. The van der Waals surface area contributed by atoms with Crippen molar-refractivity contribution in [3.8, 4) is 11.3 Å². The summed E-state index contributed by atoms with van der Waals surface area (Å²) >= 11 is 0. The number of primary amides is 1. The number of nitrogens with zero attached hydrogens (tertiary/aromatic N) is 2. The van der Waals surface area contributed by atoms with E-state index in [4.69, 9.17) is 5.73 Å². The van der Waals surface area contributed by atoms with Crippen LogP contribution in [-0.4, -0.2) is 40.0 Å². The molecule has 7 nitrogen and oxygen atoms in total. The van der Waals surface area contributed by atoms with Gasteiger partial charge in [0.05, 0.1) is 11.6 Å². The number of benzene rings is 2. The average Bonchev–Trinajstić information content (AvgIpc) is 3.26. The van der Waals surface area contributed by atoms with Crippen LogP contribution in [0.5, 0.6) is 0 Å². The Bertz CT molecular complexity index is 1030. The molecule has 1 aliphatic heterocycles. The molecule has 0 bridgehead atoms. The summed E-state index contributed by atoms with van der Waals surface area (Å²) in [4.78, 5) is 26.6. The van der Waals surface area contributed by atoms with Gasteiger partial charge in [-0.15, -0.1) is 0 Å². The first-order valence-corrected chi connectivity index (χ1v) is 10.1. The summed E-state index contributed by atoms with van der Waals surface area (Å²) in [5.41, 5.74) is 9.31. The van der Waals surface area contributed by atoms with Crippen LogP contribution < -0.4 is 11.1 Å². The minimum atomic E-state index is -0.245. The molecular weight excluding hydrogens is 378 g/mol. The van der Waals surface area contributed by atoms with E-state index in [1.807, 2.05) is 54.6 Å². The number of para-hydroxylation sites is 1. The molecule has 3 aromatic rings. The number of amides is 2. The van der Waals surface area contributed by atoms with Crippen molar-refractivity contribution in [1.29, 1.82) is 0 Å². The van der Waals surface area contributed by atoms with Crippen molar-refractivity contribution in [3.05, 3.63) is 71.9 Å². The second kappa shape index (κ2) is 8.92. The molecule has 30 heavy (non-hydrogen) atoms. The first kappa shape index (κ1) is 19.8. The number of aromatic nitrogens is 2. The second-order valence-electron chi connectivity index (χ2n) is 7.62. The van der Waals surface area contributed by atoms with Crippen LogP contribution in [0.4, 0.5) is 5.69 Å². The number of nitrogens with two attached hydrogens (primary N) is 1. The Morgan fingerprint density at radius 2 is 1.90 bits per heavy atom. The van der Waals surface area contributed by atoms with Gasteiger partial charge in [0.25, 0.3) is 5.91 Å². The smallest absolute Gasteiger partial charge is 0.273 e. The molecule has 1 aliphatic rings. The van der Waals surface area contributed by atoms with Crippen molar-refractivity contribution in [2.24, 2.45) is 11.7 Å². The molecule has 4 N–H and O–H groups in total. The van der Waals surface area contributed by atoms with Gasteiger partial charge in [0.15, 0.2) is 0 Å². The van der Waals surface area contributed by atoms with Crippen molar-refractivity contribution in [2.45, 2.75) is 19.4 Å². The number of aromatic amines is 1. The Hall–Kier alpha value is -3.45. The highest BCUT2D eigenvalue weighted by atomic mass is 16.2. The Morgan fingerprint density at radius 3 is 2.70 bits per heavy atom. The molecule has 1 aromatic heterocycles. The maximum Gasteiger partial charge on any atom is 0.273 e. The average molecular weight is 403 g/mol. The van der Waals surface area contributed by atoms with Crippen molar-refractivity contribution in [1.82, 2.24) is 15.1 Å². The zero-order valence-corrected chi connectivity index (χ0v) is 16.7. The molecule has 0 spiro atoms. The summed E-state index contributed by atoms with van der Waals surface area (Å²) in [6, 6.07) is 19.2. The first-order valence-electron chi connectivity index (χ1n) is 10.1. The minimum absolute atomic E-state index is 0.109. The van der Waals surface area contributed by atoms with Gasteiger partial charge in [-0.1, -0.05) is 48.5 Å². The van der Waals surface area contributed by atoms with E-state index in [9.17, 15) is 9.59 Å². The third-order valence-electron chi connectivity index (χ3n) is 5.46. The predicted molar refractivity (Wildman–Crippen MR) is 116 cm³/mol. The van der Waals surface area contributed by atoms with E-state index in [1.165, 1.54) is 0 Å². The summed E-state index contributed by atoms with van der Waals surface area (Å²) in [5.74, 6) is -0.595. The van der Waals surface area contributed by atoms with Crippen LogP contribution in [0.1, 0.15) is 28.9 Å². The van der Waals surface area contributed by atoms with Crippen LogP contribution >= 0.6 is 0 Å². The molecule has 2 heterocycles. The van der Waals surface area contributed by atoms with E-state index in [0.29, 0.717) is 18.8 Å². The van der Waals surface area contributed by atoms with Crippen LogP contribution in [0.3, 0.4) is 0 Å². The highest BCUT2D eigenvalue weighted by molar-refractivity contribution is 6.03. The van der Waals surface area contributed by atoms with E-state index >= 15 is 0 Å². The highest BCUT2D eigenvalue weighted by Gasteiger charge is 2.24. The molecule has 2 aromatic carbocycles. The number of likely N-dealkylation sites (tertiary alicyclic amines) is 1. The maximum atomic E-state index is 12.8. The number of anilines is 1. The lowest BCUT2D eigenvalue weighted by atomic mass is 9.97. The van der Waals surface area contributed by atoms with Crippen LogP contribution in [0.2, 0.25) is 0 Å². The van der Waals surface area contributed by atoms with Gasteiger partial charge < -0.3 is 11.1 Å². The van der Waals surface area contributed by atoms with Gasteiger partial charge >= 0.3 is 0 Å². The number of hydrogen-bond donors (Lipinski definition) is 3. The molecule has 4 rings (SSSR count). The van der Waals surface area contributed by atoms with Crippen molar-refractivity contribution < 1.29 is 9.59 Å². The van der Waals surface area contributed by atoms with E-state index in [2.05, 4.69) is 20.4 Å². The molecule has 0 aliphatic carbocycles. The normalized spacial score (nSPS) is 16.9. The number of carbonyl (C=O) groups excluding carboxylic acids is 2. The molecule has 2 amide bonds.